The van der Waals surface area contributed by atoms with E-state index in [1.807, 2.05) is 0 Å². The van der Waals surface area contributed by atoms with Crippen molar-refractivity contribution in [2.24, 2.45) is 0 Å². The standard InChI is InChI=1S/C20H22F2N2O3S2/c1-26-18(25)16-12-8-4-2-3-5-11-15(12)29-17(16)24-20(28)23-13-9-6-7-10-14(13)27-19(21)22/h6-7,9-10,19H,2-5,8,11H2,1H3,(H2,23,24,28). The van der Waals surface area contributed by atoms with Gasteiger partial charge in [0.15, 0.2) is 5.11 Å². The van der Waals surface area contributed by atoms with Crippen LogP contribution in [-0.2, 0) is 17.6 Å². The molecule has 3 rings (SSSR count). The van der Waals surface area contributed by atoms with E-state index >= 15 is 0 Å². The van der Waals surface area contributed by atoms with Crippen molar-refractivity contribution < 1.29 is 23.0 Å². The number of esters is 1. The van der Waals surface area contributed by atoms with E-state index in [-0.39, 0.29) is 10.9 Å². The van der Waals surface area contributed by atoms with E-state index in [1.165, 1.54) is 30.9 Å². The fourth-order valence-electron chi connectivity index (χ4n) is 3.35. The van der Waals surface area contributed by atoms with Crippen LogP contribution >= 0.6 is 23.6 Å². The summed E-state index contributed by atoms with van der Waals surface area (Å²) >= 11 is 6.85. The Labute approximate surface area is 177 Å². The van der Waals surface area contributed by atoms with Crippen LogP contribution in [0.5, 0.6) is 5.75 Å². The molecule has 156 valence electrons. The highest BCUT2D eigenvalue weighted by molar-refractivity contribution is 7.80. The van der Waals surface area contributed by atoms with E-state index in [9.17, 15) is 13.6 Å². The first-order valence-corrected chi connectivity index (χ1v) is 10.6. The quantitative estimate of drug-likeness (QED) is 0.466. The molecule has 0 radical (unpaired) electrons. The largest absolute Gasteiger partial charge is 0.465 e. The van der Waals surface area contributed by atoms with Gasteiger partial charge >= 0.3 is 12.6 Å². The maximum Gasteiger partial charge on any atom is 0.387 e. The molecule has 0 atom stereocenters. The highest BCUT2D eigenvalue weighted by atomic mass is 32.1. The Morgan fingerprint density at radius 3 is 2.59 bits per heavy atom. The molecule has 2 N–H and O–H groups in total. The van der Waals surface area contributed by atoms with E-state index in [0.29, 0.717) is 16.3 Å². The highest BCUT2D eigenvalue weighted by Gasteiger charge is 2.25. The summed E-state index contributed by atoms with van der Waals surface area (Å²) in [6, 6.07) is 6.28. The minimum absolute atomic E-state index is 0.0155. The lowest BCUT2D eigenvalue weighted by atomic mass is 9.96. The van der Waals surface area contributed by atoms with Gasteiger partial charge in [-0.25, -0.2) is 4.79 Å². The lowest BCUT2D eigenvalue weighted by Crippen LogP contribution is -2.21. The van der Waals surface area contributed by atoms with Crippen LogP contribution in [0, 0.1) is 0 Å². The van der Waals surface area contributed by atoms with Gasteiger partial charge < -0.3 is 20.1 Å². The fraction of sp³-hybridized carbons (Fsp3) is 0.400. The summed E-state index contributed by atoms with van der Waals surface area (Å²) in [6.45, 7) is -2.94. The molecular formula is C20H22F2N2O3S2. The van der Waals surface area contributed by atoms with Crippen molar-refractivity contribution >= 4 is 45.3 Å². The molecular weight excluding hydrogens is 418 g/mol. The summed E-state index contributed by atoms with van der Waals surface area (Å²) in [5, 5.41) is 6.70. The smallest absolute Gasteiger partial charge is 0.387 e. The number of rotatable bonds is 5. The normalized spacial score (nSPS) is 13.8. The molecule has 29 heavy (non-hydrogen) atoms. The number of hydrogen-bond acceptors (Lipinski definition) is 5. The number of benzene rings is 1. The van der Waals surface area contributed by atoms with Crippen molar-refractivity contribution in [2.45, 2.75) is 45.1 Å². The maximum atomic E-state index is 12.6. The predicted molar refractivity (Wildman–Crippen MR) is 114 cm³/mol. The number of aryl methyl sites for hydroxylation is 1. The summed E-state index contributed by atoms with van der Waals surface area (Å²) in [5.74, 6) is -0.423. The first kappa shape index (κ1) is 21.4. The third-order valence-electron chi connectivity index (χ3n) is 4.64. The van der Waals surface area contributed by atoms with Gasteiger partial charge in [-0.15, -0.1) is 11.3 Å². The van der Waals surface area contributed by atoms with E-state index in [0.717, 1.165) is 42.5 Å². The summed E-state index contributed by atoms with van der Waals surface area (Å²) in [4.78, 5) is 13.6. The number of fused-ring (bicyclic) bond motifs is 1. The molecule has 5 nitrogen and oxygen atoms in total. The third-order valence-corrected chi connectivity index (χ3v) is 6.05. The highest BCUT2D eigenvalue weighted by Crippen LogP contribution is 2.37. The molecule has 0 unspecified atom stereocenters. The second-order valence-corrected chi connectivity index (χ2v) is 8.08. The second kappa shape index (κ2) is 9.98. The number of carbonyl (C=O) groups excluding carboxylic acids is 1. The number of methoxy groups -OCH3 is 1. The number of thiocarbonyl (C=S) groups is 1. The van der Waals surface area contributed by atoms with Crippen molar-refractivity contribution in [3.8, 4) is 5.75 Å². The van der Waals surface area contributed by atoms with E-state index < -0.39 is 12.6 Å². The van der Waals surface area contributed by atoms with Crippen LogP contribution in [0.1, 0.15) is 46.5 Å². The Morgan fingerprint density at radius 2 is 1.86 bits per heavy atom. The van der Waals surface area contributed by atoms with Gasteiger partial charge in [-0.1, -0.05) is 25.0 Å². The lowest BCUT2D eigenvalue weighted by molar-refractivity contribution is -0.0493. The van der Waals surface area contributed by atoms with Crippen LogP contribution < -0.4 is 15.4 Å². The first-order valence-electron chi connectivity index (χ1n) is 9.34. The first-order chi connectivity index (χ1) is 14.0. The molecule has 1 aliphatic carbocycles. The summed E-state index contributed by atoms with van der Waals surface area (Å²) < 4.78 is 34.7. The van der Waals surface area contributed by atoms with Gasteiger partial charge in [0.1, 0.15) is 10.8 Å². The summed E-state index contributed by atoms with van der Waals surface area (Å²) in [6.07, 6.45) is 6.15. The minimum atomic E-state index is -2.94. The Morgan fingerprint density at radius 1 is 1.14 bits per heavy atom. The maximum absolute atomic E-state index is 12.6. The molecule has 1 aliphatic rings. The molecule has 0 saturated carbocycles. The van der Waals surface area contributed by atoms with Gasteiger partial charge in [-0.05, 0) is 55.6 Å². The van der Waals surface area contributed by atoms with E-state index in [4.69, 9.17) is 17.0 Å². The molecule has 0 saturated heterocycles. The van der Waals surface area contributed by atoms with Crippen molar-refractivity contribution in [1.29, 1.82) is 0 Å². The van der Waals surface area contributed by atoms with Crippen molar-refractivity contribution in [3.63, 3.8) is 0 Å². The molecule has 0 amide bonds. The van der Waals surface area contributed by atoms with Gasteiger partial charge in [0.05, 0.1) is 18.4 Å². The zero-order valence-corrected chi connectivity index (χ0v) is 17.6. The Hall–Kier alpha value is -2.26. The molecule has 1 heterocycles. The van der Waals surface area contributed by atoms with Gasteiger partial charge in [0.2, 0.25) is 0 Å². The minimum Gasteiger partial charge on any atom is -0.465 e. The number of halogens is 2. The number of hydrogen-bond donors (Lipinski definition) is 2. The average Bonchev–Trinajstić information content (AvgIpc) is 2.98. The Kier molecular flexibility index (Phi) is 7.38. The Bertz CT molecular complexity index is 887. The molecule has 1 aromatic heterocycles. The third kappa shape index (κ3) is 5.42. The zero-order valence-electron chi connectivity index (χ0n) is 15.9. The average molecular weight is 441 g/mol. The number of carbonyl (C=O) groups is 1. The zero-order chi connectivity index (χ0) is 20.8. The van der Waals surface area contributed by atoms with Crippen LogP contribution in [0.3, 0.4) is 0 Å². The number of para-hydroxylation sites is 2. The molecule has 0 spiro atoms. The van der Waals surface area contributed by atoms with E-state index in [1.54, 1.807) is 18.2 Å². The molecule has 9 heteroatoms. The van der Waals surface area contributed by atoms with Crippen LogP contribution in [0.15, 0.2) is 24.3 Å². The predicted octanol–water partition coefficient (Wildman–Crippen LogP) is 5.60. The number of alkyl halides is 2. The van der Waals surface area contributed by atoms with Gasteiger partial charge in [0, 0.05) is 4.88 Å². The van der Waals surface area contributed by atoms with Gasteiger partial charge in [-0.3, -0.25) is 0 Å². The Balaban J connectivity index is 1.83. The van der Waals surface area contributed by atoms with Crippen molar-refractivity contribution in [1.82, 2.24) is 0 Å². The number of thiophene rings is 1. The molecule has 0 bridgehead atoms. The van der Waals surface area contributed by atoms with E-state index in [2.05, 4.69) is 15.4 Å². The number of nitrogens with one attached hydrogen (secondary N) is 2. The van der Waals surface area contributed by atoms with Crippen LogP contribution in [-0.4, -0.2) is 24.8 Å². The molecule has 1 aromatic carbocycles. The van der Waals surface area contributed by atoms with Gasteiger partial charge in [-0.2, -0.15) is 8.78 Å². The SMILES string of the molecule is COC(=O)c1c(NC(=S)Nc2ccccc2OC(F)F)sc2c1CCCCCC2. The van der Waals surface area contributed by atoms with Crippen molar-refractivity contribution in [2.75, 3.05) is 17.7 Å². The monoisotopic (exact) mass is 440 g/mol. The molecule has 0 aliphatic heterocycles. The van der Waals surface area contributed by atoms with Crippen molar-refractivity contribution in [3.05, 3.63) is 40.3 Å². The summed E-state index contributed by atoms with van der Waals surface area (Å²) in [5.41, 5.74) is 1.84. The fourth-order valence-corrected chi connectivity index (χ4v) is 4.91. The van der Waals surface area contributed by atoms with Crippen LogP contribution in [0.2, 0.25) is 0 Å². The number of anilines is 2. The van der Waals surface area contributed by atoms with Gasteiger partial charge in [0.25, 0.3) is 0 Å². The number of ether oxygens (including phenoxy) is 2. The van der Waals surface area contributed by atoms with Crippen LogP contribution in [0.4, 0.5) is 19.5 Å². The topological polar surface area (TPSA) is 59.6 Å². The summed E-state index contributed by atoms with van der Waals surface area (Å²) in [7, 11) is 1.35. The lowest BCUT2D eigenvalue weighted by Gasteiger charge is -2.14. The second-order valence-electron chi connectivity index (χ2n) is 6.57. The molecule has 0 fully saturated rings. The molecule has 2 aromatic rings. The van der Waals surface area contributed by atoms with Crippen LogP contribution in [0.25, 0.3) is 0 Å².